The number of nitrogens with one attached hydrogen (secondary N) is 2. The van der Waals surface area contributed by atoms with Gasteiger partial charge in [-0.15, -0.1) is 0 Å². The van der Waals surface area contributed by atoms with Gasteiger partial charge in [-0.05, 0) is 30.7 Å². The minimum absolute atomic E-state index is 0.0753. The van der Waals surface area contributed by atoms with Gasteiger partial charge in [-0.2, -0.15) is 5.10 Å². The number of non-ortho nitro benzene ring substituents is 1. The zero-order valence-corrected chi connectivity index (χ0v) is 15.3. The van der Waals surface area contributed by atoms with Gasteiger partial charge in [0.25, 0.3) is 17.5 Å². The molecule has 0 aliphatic rings. The molecule has 9 heteroatoms. The maximum Gasteiger partial charge on any atom is 0.270 e. The number of hydrogen-bond acceptors (Lipinski definition) is 6. The first-order chi connectivity index (χ1) is 13.5. The molecule has 146 valence electrons. The highest BCUT2D eigenvalue weighted by Crippen LogP contribution is 2.12. The van der Waals surface area contributed by atoms with Crippen LogP contribution in [0.15, 0.2) is 53.6 Å². The molecule has 2 N–H and O–H groups in total. The Kier molecular flexibility index (Phi) is 7.64. The quantitative estimate of drug-likeness (QED) is 0.390. The summed E-state index contributed by atoms with van der Waals surface area (Å²) in [6.45, 7) is 2.34. The smallest absolute Gasteiger partial charge is 0.270 e. The molecule has 0 aliphatic heterocycles. The van der Waals surface area contributed by atoms with Crippen molar-refractivity contribution in [3.8, 4) is 5.75 Å². The van der Waals surface area contributed by atoms with Crippen LogP contribution in [0.2, 0.25) is 0 Å². The number of benzene rings is 2. The molecule has 0 spiro atoms. The Morgan fingerprint density at radius 2 is 1.96 bits per heavy atom. The second-order valence-corrected chi connectivity index (χ2v) is 5.70. The number of hydrazone groups is 1. The minimum Gasteiger partial charge on any atom is -0.494 e. The molecular weight excluding hydrogens is 364 g/mol. The highest BCUT2D eigenvalue weighted by Gasteiger charge is 2.08. The van der Waals surface area contributed by atoms with Gasteiger partial charge in [0.2, 0.25) is 0 Å². The van der Waals surface area contributed by atoms with Crippen molar-refractivity contribution in [3.63, 3.8) is 0 Å². The van der Waals surface area contributed by atoms with Crippen molar-refractivity contribution in [1.29, 1.82) is 0 Å². The fraction of sp³-hybridized carbons (Fsp3) is 0.211. The van der Waals surface area contributed by atoms with Crippen LogP contribution in [0.5, 0.6) is 5.75 Å². The van der Waals surface area contributed by atoms with E-state index in [0.717, 1.165) is 6.42 Å². The highest BCUT2D eigenvalue weighted by atomic mass is 16.6. The third kappa shape index (κ3) is 6.52. The standard InChI is InChI=1S/C19H20N4O5/c1-2-10-28-17-8-6-15(7-9-17)19(25)20-13-18(24)22-21-12-14-4-3-5-16(11-14)23(26)27/h3-9,11-12H,2,10,13H2,1H3,(H,20,25)(H,22,24)/b21-12+. The molecule has 0 saturated heterocycles. The van der Waals surface area contributed by atoms with Crippen LogP contribution in [-0.2, 0) is 4.79 Å². The minimum atomic E-state index is -0.530. The number of ether oxygens (including phenoxy) is 1. The molecule has 0 bridgehead atoms. The monoisotopic (exact) mass is 384 g/mol. The van der Waals surface area contributed by atoms with E-state index >= 15 is 0 Å². The summed E-state index contributed by atoms with van der Waals surface area (Å²) in [6, 6.07) is 12.4. The van der Waals surface area contributed by atoms with Crippen LogP contribution in [-0.4, -0.2) is 36.1 Å². The summed E-state index contributed by atoms with van der Waals surface area (Å²) < 4.78 is 5.44. The van der Waals surface area contributed by atoms with Gasteiger partial charge in [-0.1, -0.05) is 19.1 Å². The summed E-state index contributed by atoms with van der Waals surface area (Å²) >= 11 is 0. The SMILES string of the molecule is CCCOc1ccc(C(=O)NCC(=O)N/N=C/c2cccc([N+](=O)[O-])c2)cc1. The van der Waals surface area contributed by atoms with Crippen LogP contribution >= 0.6 is 0 Å². The lowest BCUT2D eigenvalue weighted by molar-refractivity contribution is -0.384. The van der Waals surface area contributed by atoms with Gasteiger partial charge in [-0.3, -0.25) is 19.7 Å². The summed E-state index contributed by atoms with van der Waals surface area (Å²) in [5, 5.41) is 16.9. The van der Waals surface area contributed by atoms with Gasteiger partial charge in [0.15, 0.2) is 0 Å². The predicted octanol–water partition coefficient (Wildman–Crippen LogP) is 2.26. The van der Waals surface area contributed by atoms with Crippen molar-refractivity contribution in [2.24, 2.45) is 5.10 Å². The number of nitrogens with zero attached hydrogens (tertiary/aromatic N) is 2. The zero-order valence-electron chi connectivity index (χ0n) is 15.3. The van der Waals surface area contributed by atoms with Gasteiger partial charge >= 0.3 is 0 Å². The van der Waals surface area contributed by atoms with Gasteiger partial charge in [0.05, 0.1) is 24.3 Å². The number of nitro groups is 1. The maximum absolute atomic E-state index is 12.0. The molecular formula is C19H20N4O5. The van der Waals surface area contributed by atoms with Gasteiger partial charge < -0.3 is 10.1 Å². The van der Waals surface area contributed by atoms with Crippen molar-refractivity contribution in [2.45, 2.75) is 13.3 Å². The third-order valence-electron chi connectivity index (χ3n) is 3.48. The first kappa shape index (κ1) is 20.6. The van der Waals surface area contributed by atoms with E-state index < -0.39 is 16.7 Å². The first-order valence-electron chi connectivity index (χ1n) is 8.57. The Morgan fingerprint density at radius 1 is 1.21 bits per heavy atom. The molecule has 0 aromatic heterocycles. The molecule has 0 radical (unpaired) electrons. The maximum atomic E-state index is 12.0. The Morgan fingerprint density at radius 3 is 2.64 bits per heavy atom. The van der Waals surface area contributed by atoms with E-state index in [1.807, 2.05) is 6.92 Å². The Bertz CT molecular complexity index is 865. The van der Waals surface area contributed by atoms with E-state index in [0.29, 0.717) is 23.5 Å². The van der Waals surface area contributed by atoms with Crippen molar-refractivity contribution < 1.29 is 19.2 Å². The largest absolute Gasteiger partial charge is 0.494 e. The predicted molar refractivity (Wildman–Crippen MR) is 103 cm³/mol. The van der Waals surface area contributed by atoms with Crippen LogP contribution < -0.4 is 15.5 Å². The third-order valence-corrected chi connectivity index (χ3v) is 3.48. The average molecular weight is 384 g/mol. The summed E-state index contributed by atoms with van der Waals surface area (Å²) in [6.07, 6.45) is 2.17. The summed E-state index contributed by atoms with van der Waals surface area (Å²) in [4.78, 5) is 34.0. The molecule has 2 amide bonds. The molecule has 2 rings (SSSR count). The van der Waals surface area contributed by atoms with Crippen LogP contribution in [0.3, 0.4) is 0 Å². The number of rotatable bonds is 9. The van der Waals surface area contributed by atoms with E-state index in [1.54, 1.807) is 30.3 Å². The second-order valence-electron chi connectivity index (χ2n) is 5.70. The fourth-order valence-electron chi connectivity index (χ4n) is 2.12. The van der Waals surface area contributed by atoms with Gasteiger partial charge in [0.1, 0.15) is 5.75 Å². The van der Waals surface area contributed by atoms with E-state index in [4.69, 9.17) is 4.74 Å². The van der Waals surface area contributed by atoms with Crippen LogP contribution in [0.4, 0.5) is 5.69 Å². The topological polar surface area (TPSA) is 123 Å². The molecule has 0 heterocycles. The van der Waals surface area contributed by atoms with E-state index in [2.05, 4.69) is 15.8 Å². The fourth-order valence-corrected chi connectivity index (χ4v) is 2.12. The summed E-state index contributed by atoms with van der Waals surface area (Å²) in [5.41, 5.74) is 3.03. The lowest BCUT2D eigenvalue weighted by Crippen LogP contribution is -2.34. The molecule has 0 atom stereocenters. The highest BCUT2D eigenvalue weighted by molar-refractivity contribution is 5.96. The lowest BCUT2D eigenvalue weighted by Gasteiger charge is -2.07. The summed E-state index contributed by atoms with van der Waals surface area (Å²) in [5.74, 6) is -0.260. The Balaban J connectivity index is 1.79. The Labute approximate surface area is 161 Å². The average Bonchev–Trinajstić information content (AvgIpc) is 2.71. The van der Waals surface area contributed by atoms with E-state index in [1.165, 1.54) is 24.4 Å². The number of nitro benzene ring substituents is 1. The van der Waals surface area contributed by atoms with E-state index in [-0.39, 0.29) is 12.2 Å². The van der Waals surface area contributed by atoms with Crippen molar-refractivity contribution in [1.82, 2.24) is 10.7 Å². The summed E-state index contributed by atoms with van der Waals surface area (Å²) in [7, 11) is 0. The molecule has 28 heavy (non-hydrogen) atoms. The molecule has 9 nitrogen and oxygen atoms in total. The van der Waals surface area contributed by atoms with Crippen LogP contribution in [0, 0.1) is 10.1 Å². The molecule has 0 saturated carbocycles. The van der Waals surface area contributed by atoms with Gasteiger partial charge in [-0.25, -0.2) is 5.43 Å². The Hall–Kier alpha value is -3.75. The number of amides is 2. The number of carbonyl (C=O) groups excluding carboxylic acids is 2. The first-order valence-corrected chi connectivity index (χ1v) is 8.57. The normalized spacial score (nSPS) is 10.5. The van der Waals surface area contributed by atoms with E-state index in [9.17, 15) is 19.7 Å². The second kappa shape index (κ2) is 10.4. The van der Waals surface area contributed by atoms with Crippen molar-refractivity contribution in [3.05, 3.63) is 69.8 Å². The van der Waals surface area contributed by atoms with Crippen molar-refractivity contribution in [2.75, 3.05) is 13.2 Å². The van der Waals surface area contributed by atoms with Crippen molar-refractivity contribution >= 4 is 23.7 Å². The lowest BCUT2D eigenvalue weighted by atomic mass is 10.2. The zero-order chi connectivity index (χ0) is 20.4. The number of carbonyl (C=O) groups is 2. The van der Waals surface area contributed by atoms with Gasteiger partial charge in [0, 0.05) is 23.3 Å². The molecule has 2 aromatic rings. The number of hydrogen-bond donors (Lipinski definition) is 2. The van der Waals surface area contributed by atoms with Crippen LogP contribution in [0.25, 0.3) is 0 Å². The molecule has 0 aliphatic carbocycles. The molecule has 0 fully saturated rings. The van der Waals surface area contributed by atoms with Crippen LogP contribution in [0.1, 0.15) is 29.3 Å². The molecule has 0 unspecified atom stereocenters. The molecule has 2 aromatic carbocycles.